The summed E-state index contributed by atoms with van der Waals surface area (Å²) in [6, 6.07) is 11.6. The predicted molar refractivity (Wildman–Crippen MR) is 86.6 cm³/mol. The lowest BCUT2D eigenvalue weighted by molar-refractivity contribution is 0.416. The first-order valence-corrected chi connectivity index (χ1v) is 7.76. The fourth-order valence-electron chi connectivity index (χ4n) is 3.16. The topological polar surface area (TPSA) is 33.1 Å². The first kappa shape index (κ1) is 14.1. The summed E-state index contributed by atoms with van der Waals surface area (Å²) in [7, 11) is 2.01. The van der Waals surface area contributed by atoms with E-state index in [1.807, 2.05) is 11.7 Å². The van der Waals surface area contributed by atoms with Gasteiger partial charge in [-0.2, -0.15) is 5.10 Å². The van der Waals surface area contributed by atoms with E-state index in [2.05, 4.69) is 65.7 Å². The number of aromatic nitrogens is 2. The molecular weight excluding hydrogens is 260 g/mol. The van der Waals surface area contributed by atoms with Crippen LogP contribution >= 0.6 is 0 Å². The van der Waals surface area contributed by atoms with Crippen LogP contribution in [0, 0.1) is 0 Å². The van der Waals surface area contributed by atoms with E-state index in [1.165, 1.54) is 16.9 Å². The fourth-order valence-corrected chi connectivity index (χ4v) is 3.16. The van der Waals surface area contributed by atoms with Crippen molar-refractivity contribution >= 4 is 5.69 Å². The molecule has 0 amide bonds. The fraction of sp³-hybridized carbons (Fsp3) is 0.471. The SMILES string of the molecule is CCc1nn(C)cc1N1CC(C)NCC1c1ccccc1. The minimum Gasteiger partial charge on any atom is -0.359 e. The summed E-state index contributed by atoms with van der Waals surface area (Å²) < 4.78 is 1.93. The molecule has 0 radical (unpaired) electrons. The van der Waals surface area contributed by atoms with Crippen LogP contribution in [0.1, 0.15) is 31.1 Å². The Hall–Kier alpha value is -1.81. The van der Waals surface area contributed by atoms with Crippen LogP contribution in [0.3, 0.4) is 0 Å². The van der Waals surface area contributed by atoms with E-state index in [0.717, 1.165) is 19.5 Å². The molecule has 1 fully saturated rings. The molecule has 2 unspecified atom stereocenters. The van der Waals surface area contributed by atoms with E-state index in [0.29, 0.717) is 12.1 Å². The van der Waals surface area contributed by atoms with E-state index in [4.69, 9.17) is 0 Å². The van der Waals surface area contributed by atoms with Crippen molar-refractivity contribution in [2.75, 3.05) is 18.0 Å². The molecule has 1 saturated heterocycles. The molecule has 2 aromatic rings. The lowest BCUT2D eigenvalue weighted by atomic mass is 10.0. The van der Waals surface area contributed by atoms with Gasteiger partial charge in [-0.25, -0.2) is 0 Å². The molecule has 21 heavy (non-hydrogen) atoms. The highest BCUT2D eigenvalue weighted by Crippen LogP contribution is 2.31. The Labute approximate surface area is 126 Å². The van der Waals surface area contributed by atoms with Gasteiger partial charge >= 0.3 is 0 Å². The summed E-state index contributed by atoms with van der Waals surface area (Å²) in [6.07, 6.45) is 3.13. The van der Waals surface area contributed by atoms with Gasteiger partial charge in [0.25, 0.3) is 0 Å². The number of hydrogen-bond acceptors (Lipinski definition) is 3. The zero-order valence-electron chi connectivity index (χ0n) is 13.1. The smallest absolute Gasteiger partial charge is 0.0855 e. The van der Waals surface area contributed by atoms with Crippen LogP contribution in [0.25, 0.3) is 0 Å². The third kappa shape index (κ3) is 2.81. The second-order valence-corrected chi connectivity index (χ2v) is 5.88. The summed E-state index contributed by atoms with van der Waals surface area (Å²) in [5.41, 5.74) is 3.83. The molecule has 4 nitrogen and oxygen atoms in total. The van der Waals surface area contributed by atoms with Gasteiger partial charge in [0.1, 0.15) is 0 Å². The minimum absolute atomic E-state index is 0.372. The quantitative estimate of drug-likeness (QED) is 0.940. The normalized spacial score (nSPS) is 22.5. The van der Waals surface area contributed by atoms with Crippen LogP contribution in [-0.2, 0) is 13.5 Å². The summed E-state index contributed by atoms with van der Waals surface area (Å²) >= 11 is 0. The Kier molecular flexibility index (Phi) is 3.97. The molecule has 0 saturated carbocycles. The van der Waals surface area contributed by atoms with Crippen molar-refractivity contribution in [1.82, 2.24) is 15.1 Å². The molecule has 0 aliphatic carbocycles. The molecule has 2 heterocycles. The van der Waals surface area contributed by atoms with Crippen molar-refractivity contribution in [2.45, 2.75) is 32.4 Å². The average molecular weight is 284 g/mol. The number of hydrogen-bond donors (Lipinski definition) is 1. The lowest BCUT2D eigenvalue weighted by Crippen LogP contribution is -2.51. The minimum atomic E-state index is 0.372. The van der Waals surface area contributed by atoms with Crippen molar-refractivity contribution < 1.29 is 0 Å². The Morgan fingerprint density at radius 1 is 1.29 bits per heavy atom. The third-order valence-electron chi connectivity index (χ3n) is 4.22. The van der Waals surface area contributed by atoms with E-state index in [1.54, 1.807) is 0 Å². The van der Waals surface area contributed by atoms with Crippen LogP contribution in [0.2, 0.25) is 0 Å². The highest BCUT2D eigenvalue weighted by Gasteiger charge is 2.29. The van der Waals surface area contributed by atoms with Gasteiger partial charge in [0, 0.05) is 32.4 Å². The van der Waals surface area contributed by atoms with Gasteiger partial charge in [0.15, 0.2) is 0 Å². The van der Waals surface area contributed by atoms with E-state index < -0.39 is 0 Å². The molecule has 1 aromatic heterocycles. The highest BCUT2D eigenvalue weighted by atomic mass is 15.3. The van der Waals surface area contributed by atoms with Crippen LogP contribution < -0.4 is 10.2 Å². The van der Waals surface area contributed by atoms with Crippen molar-refractivity contribution in [3.05, 3.63) is 47.8 Å². The monoisotopic (exact) mass is 284 g/mol. The van der Waals surface area contributed by atoms with Gasteiger partial charge in [-0.1, -0.05) is 37.3 Å². The first-order chi connectivity index (χ1) is 10.2. The van der Waals surface area contributed by atoms with Gasteiger partial charge in [0.05, 0.1) is 17.4 Å². The van der Waals surface area contributed by atoms with Crippen LogP contribution in [-0.4, -0.2) is 28.9 Å². The molecule has 4 heteroatoms. The van der Waals surface area contributed by atoms with Gasteiger partial charge in [-0.15, -0.1) is 0 Å². The third-order valence-corrected chi connectivity index (χ3v) is 4.22. The molecule has 1 aliphatic heterocycles. The van der Waals surface area contributed by atoms with Crippen LogP contribution in [0.4, 0.5) is 5.69 Å². The van der Waals surface area contributed by atoms with Crippen LogP contribution in [0.15, 0.2) is 36.5 Å². The maximum atomic E-state index is 4.61. The number of benzene rings is 1. The van der Waals surface area contributed by atoms with E-state index >= 15 is 0 Å². The lowest BCUT2D eigenvalue weighted by Gasteiger charge is -2.41. The van der Waals surface area contributed by atoms with Crippen molar-refractivity contribution in [3.8, 4) is 0 Å². The zero-order valence-corrected chi connectivity index (χ0v) is 13.1. The number of nitrogens with zero attached hydrogens (tertiary/aromatic N) is 3. The van der Waals surface area contributed by atoms with E-state index in [-0.39, 0.29) is 0 Å². The number of anilines is 1. The largest absolute Gasteiger partial charge is 0.359 e. The highest BCUT2D eigenvalue weighted by molar-refractivity contribution is 5.53. The van der Waals surface area contributed by atoms with Crippen molar-refractivity contribution in [3.63, 3.8) is 0 Å². The molecule has 112 valence electrons. The summed E-state index contributed by atoms with van der Waals surface area (Å²) in [5.74, 6) is 0. The molecule has 3 rings (SSSR count). The summed E-state index contributed by atoms with van der Waals surface area (Å²) in [5, 5.41) is 8.22. The second-order valence-electron chi connectivity index (χ2n) is 5.88. The van der Waals surface area contributed by atoms with Gasteiger partial charge in [-0.05, 0) is 18.9 Å². The Morgan fingerprint density at radius 2 is 2.05 bits per heavy atom. The van der Waals surface area contributed by atoms with Gasteiger partial charge in [0.2, 0.25) is 0 Å². The molecular formula is C17H24N4. The molecule has 1 aromatic carbocycles. The maximum Gasteiger partial charge on any atom is 0.0855 e. The number of aryl methyl sites for hydroxylation is 2. The van der Waals surface area contributed by atoms with Gasteiger partial charge < -0.3 is 10.2 Å². The standard InChI is InChI=1S/C17H24N4/c1-4-15-17(12-20(3)19-15)21-11-13(2)18-10-16(21)14-8-6-5-7-9-14/h5-9,12-13,16,18H,4,10-11H2,1-3H3. The van der Waals surface area contributed by atoms with Crippen LogP contribution in [0.5, 0.6) is 0 Å². The van der Waals surface area contributed by atoms with Gasteiger partial charge in [-0.3, -0.25) is 4.68 Å². The Bertz CT molecular complexity index is 590. The van der Waals surface area contributed by atoms with Crippen molar-refractivity contribution in [2.24, 2.45) is 7.05 Å². The molecule has 1 N–H and O–H groups in total. The number of piperazine rings is 1. The zero-order chi connectivity index (χ0) is 14.8. The Balaban J connectivity index is 1.98. The van der Waals surface area contributed by atoms with Crippen molar-refractivity contribution in [1.29, 1.82) is 0 Å². The predicted octanol–water partition coefficient (Wildman–Crippen LogP) is 2.52. The number of nitrogens with one attached hydrogen (secondary N) is 1. The number of rotatable bonds is 3. The Morgan fingerprint density at radius 3 is 2.76 bits per heavy atom. The molecule has 0 bridgehead atoms. The molecule has 1 aliphatic rings. The summed E-state index contributed by atoms with van der Waals surface area (Å²) in [4.78, 5) is 2.52. The average Bonchev–Trinajstić information content (AvgIpc) is 2.89. The second kappa shape index (κ2) is 5.90. The molecule has 2 atom stereocenters. The van der Waals surface area contributed by atoms with E-state index in [9.17, 15) is 0 Å². The molecule has 0 spiro atoms. The maximum absolute atomic E-state index is 4.61. The summed E-state index contributed by atoms with van der Waals surface area (Å²) in [6.45, 7) is 6.41. The first-order valence-electron chi connectivity index (χ1n) is 7.76.